The predicted molar refractivity (Wildman–Crippen MR) is 71.6 cm³/mol. The molecule has 1 aliphatic carbocycles. The molecule has 0 amide bonds. The van der Waals surface area contributed by atoms with Crippen LogP contribution in [-0.2, 0) is 6.42 Å². The molecule has 0 bridgehead atoms. The minimum absolute atomic E-state index is 0.400. The third kappa shape index (κ3) is 1.79. The summed E-state index contributed by atoms with van der Waals surface area (Å²) in [6.07, 6.45) is 3.17. The molecule has 1 N–H and O–H groups in total. The molecule has 2 nitrogen and oxygen atoms in total. The van der Waals surface area contributed by atoms with Crippen molar-refractivity contribution in [3.05, 3.63) is 51.5 Å². The molecule has 1 aliphatic rings. The molecule has 2 atom stereocenters. The van der Waals surface area contributed by atoms with Crippen molar-refractivity contribution in [3.63, 3.8) is 0 Å². The second kappa shape index (κ2) is 4.24. The fraction of sp³-hybridized carbons (Fsp3) is 0.357. The lowest BCUT2D eigenvalue weighted by molar-refractivity contribution is 0.662. The van der Waals surface area contributed by atoms with Crippen LogP contribution in [0.5, 0.6) is 0 Å². The Morgan fingerprint density at radius 3 is 3.00 bits per heavy atom. The van der Waals surface area contributed by atoms with E-state index in [0.29, 0.717) is 12.0 Å². The SMILES string of the molecule is CNC(C)c1cnc(C2Cc3ccccc32)s1. The Morgan fingerprint density at radius 1 is 1.41 bits per heavy atom. The van der Waals surface area contributed by atoms with Crippen molar-refractivity contribution in [2.75, 3.05) is 7.05 Å². The second-order valence-corrected chi connectivity index (χ2v) is 5.66. The number of thiazole rings is 1. The van der Waals surface area contributed by atoms with E-state index < -0.39 is 0 Å². The maximum absolute atomic E-state index is 4.58. The van der Waals surface area contributed by atoms with Crippen molar-refractivity contribution >= 4 is 11.3 Å². The molecule has 1 aromatic heterocycles. The number of hydrogen-bond acceptors (Lipinski definition) is 3. The van der Waals surface area contributed by atoms with Crippen molar-refractivity contribution in [2.24, 2.45) is 0 Å². The van der Waals surface area contributed by atoms with Gasteiger partial charge in [0.1, 0.15) is 5.01 Å². The fourth-order valence-electron chi connectivity index (χ4n) is 2.28. The zero-order valence-corrected chi connectivity index (χ0v) is 10.9. The summed E-state index contributed by atoms with van der Waals surface area (Å²) in [5.41, 5.74) is 2.95. The smallest absolute Gasteiger partial charge is 0.101 e. The Kier molecular flexibility index (Phi) is 2.73. The topological polar surface area (TPSA) is 24.9 Å². The highest BCUT2D eigenvalue weighted by atomic mass is 32.1. The molecule has 1 aromatic carbocycles. The summed E-state index contributed by atoms with van der Waals surface area (Å²) in [7, 11) is 1.99. The molecule has 0 radical (unpaired) electrons. The van der Waals surface area contributed by atoms with Crippen molar-refractivity contribution in [1.82, 2.24) is 10.3 Å². The highest BCUT2D eigenvalue weighted by Crippen LogP contribution is 2.41. The molecular weight excluding hydrogens is 228 g/mol. The number of nitrogens with zero attached hydrogens (tertiary/aromatic N) is 1. The van der Waals surface area contributed by atoms with E-state index in [2.05, 4.69) is 41.5 Å². The summed E-state index contributed by atoms with van der Waals surface area (Å²) in [4.78, 5) is 5.91. The fourth-order valence-corrected chi connectivity index (χ4v) is 3.38. The zero-order chi connectivity index (χ0) is 11.8. The van der Waals surface area contributed by atoms with Gasteiger partial charge in [-0.25, -0.2) is 4.98 Å². The average Bonchev–Trinajstić information content (AvgIpc) is 2.79. The van der Waals surface area contributed by atoms with Crippen LogP contribution in [0, 0.1) is 0 Å². The molecule has 2 unspecified atom stereocenters. The summed E-state index contributed by atoms with van der Waals surface area (Å²) in [6, 6.07) is 9.08. The Morgan fingerprint density at radius 2 is 2.24 bits per heavy atom. The standard InChI is InChI=1S/C14H16N2S/c1-9(15-2)13-8-16-14(17-13)12-7-10-5-3-4-6-11(10)12/h3-6,8-9,12,15H,7H2,1-2H3. The Bertz CT molecular complexity index is 533. The van der Waals surface area contributed by atoms with Crippen molar-refractivity contribution in [1.29, 1.82) is 0 Å². The Hall–Kier alpha value is -1.19. The van der Waals surface area contributed by atoms with Gasteiger partial charge >= 0.3 is 0 Å². The summed E-state index contributed by atoms with van der Waals surface area (Å²) < 4.78 is 0. The second-order valence-electron chi connectivity index (χ2n) is 4.57. The summed E-state index contributed by atoms with van der Waals surface area (Å²) in [5, 5.41) is 4.52. The van der Waals surface area contributed by atoms with Crippen molar-refractivity contribution < 1.29 is 0 Å². The van der Waals surface area contributed by atoms with Gasteiger partial charge in [-0.15, -0.1) is 11.3 Å². The van der Waals surface area contributed by atoms with E-state index in [1.165, 1.54) is 21.0 Å². The third-order valence-electron chi connectivity index (χ3n) is 3.55. The van der Waals surface area contributed by atoms with Crippen LogP contribution in [0.15, 0.2) is 30.5 Å². The molecular formula is C14H16N2S. The lowest BCUT2D eigenvalue weighted by Gasteiger charge is -2.28. The van der Waals surface area contributed by atoms with Gasteiger partial charge in [-0.1, -0.05) is 24.3 Å². The predicted octanol–water partition coefficient (Wildman–Crippen LogP) is 3.11. The van der Waals surface area contributed by atoms with Gasteiger partial charge in [0.05, 0.1) is 0 Å². The van der Waals surface area contributed by atoms with E-state index in [0.717, 1.165) is 6.42 Å². The van der Waals surface area contributed by atoms with E-state index in [9.17, 15) is 0 Å². The Labute approximate surface area is 106 Å². The van der Waals surface area contributed by atoms with Gasteiger partial charge < -0.3 is 5.32 Å². The van der Waals surface area contributed by atoms with Crippen LogP contribution < -0.4 is 5.32 Å². The zero-order valence-electron chi connectivity index (χ0n) is 10.1. The summed E-state index contributed by atoms with van der Waals surface area (Å²) in [5.74, 6) is 0.536. The highest BCUT2D eigenvalue weighted by Gasteiger charge is 2.29. The number of benzene rings is 1. The first kappa shape index (κ1) is 10.9. The molecule has 3 heteroatoms. The molecule has 88 valence electrons. The average molecular weight is 244 g/mol. The number of fused-ring (bicyclic) bond motifs is 1. The molecule has 2 aromatic rings. The van der Waals surface area contributed by atoms with Gasteiger partial charge in [0.25, 0.3) is 0 Å². The maximum Gasteiger partial charge on any atom is 0.101 e. The van der Waals surface area contributed by atoms with Gasteiger partial charge in [0, 0.05) is 23.0 Å². The third-order valence-corrected chi connectivity index (χ3v) is 4.85. The first-order valence-corrected chi connectivity index (χ1v) is 6.82. The van der Waals surface area contributed by atoms with E-state index in [1.807, 2.05) is 24.6 Å². The van der Waals surface area contributed by atoms with E-state index in [1.54, 1.807) is 0 Å². The van der Waals surface area contributed by atoms with Crippen LogP contribution in [0.2, 0.25) is 0 Å². The van der Waals surface area contributed by atoms with Crippen LogP contribution in [0.25, 0.3) is 0 Å². The number of nitrogens with one attached hydrogen (secondary N) is 1. The maximum atomic E-state index is 4.58. The van der Waals surface area contributed by atoms with Gasteiger partial charge in [-0.3, -0.25) is 0 Å². The van der Waals surface area contributed by atoms with Crippen LogP contribution >= 0.6 is 11.3 Å². The van der Waals surface area contributed by atoms with Crippen LogP contribution in [0.1, 0.15) is 39.9 Å². The highest BCUT2D eigenvalue weighted by molar-refractivity contribution is 7.11. The molecule has 3 rings (SSSR count). The lowest BCUT2D eigenvalue weighted by atomic mass is 9.78. The van der Waals surface area contributed by atoms with Gasteiger partial charge in [-0.2, -0.15) is 0 Å². The van der Waals surface area contributed by atoms with Crippen molar-refractivity contribution in [3.8, 4) is 0 Å². The quantitative estimate of drug-likeness (QED) is 0.897. The molecule has 0 saturated heterocycles. The normalized spacial score (nSPS) is 19.5. The van der Waals surface area contributed by atoms with Crippen LogP contribution in [0.4, 0.5) is 0 Å². The van der Waals surface area contributed by atoms with E-state index in [-0.39, 0.29) is 0 Å². The molecule has 0 fully saturated rings. The minimum atomic E-state index is 0.400. The van der Waals surface area contributed by atoms with E-state index >= 15 is 0 Å². The first-order chi connectivity index (χ1) is 8.29. The first-order valence-electron chi connectivity index (χ1n) is 6.00. The largest absolute Gasteiger partial charge is 0.312 e. The molecule has 0 spiro atoms. The molecule has 17 heavy (non-hydrogen) atoms. The van der Waals surface area contributed by atoms with Crippen molar-refractivity contribution in [2.45, 2.75) is 25.3 Å². The molecule has 0 saturated carbocycles. The number of rotatable bonds is 3. The number of aromatic nitrogens is 1. The number of hydrogen-bond donors (Lipinski definition) is 1. The van der Waals surface area contributed by atoms with Crippen LogP contribution in [0.3, 0.4) is 0 Å². The van der Waals surface area contributed by atoms with Gasteiger partial charge in [0.15, 0.2) is 0 Å². The minimum Gasteiger partial charge on any atom is -0.312 e. The van der Waals surface area contributed by atoms with Gasteiger partial charge in [0.2, 0.25) is 0 Å². The summed E-state index contributed by atoms with van der Waals surface area (Å²) in [6.45, 7) is 2.17. The molecule has 1 heterocycles. The van der Waals surface area contributed by atoms with Crippen LogP contribution in [-0.4, -0.2) is 12.0 Å². The monoisotopic (exact) mass is 244 g/mol. The Balaban J connectivity index is 1.86. The lowest BCUT2D eigenvalue weighted by Crippen LogP contribution is -2.17. The van der Waals surface area contributed by atoms with E-state index in [4.69, 9.17) is 0 Å². The summed E-state index contributed by atoms with van der Waals surface area (Å²) >= 11 is 1.84. The molecule has 0 aliphatic heterocycles. The van der Waals surface area contributed by atoms with Gasteiger partial charge in [-0.05, 0) is 31.5 Å².